The monoisotopic (exact) mass is 331 g/mol. The smallest absolute Gasteiger partial charge is 0.325 e. The summed E-state index contributed by atoms with van der Waals surface area (Å²) in [5, 5.41) is 4.49. The molecule has 1 aliphatic heterocycles. The number of hydrogen-bond donors (Lipinski definition) is 2. The molecular formula is C16H21N5O3. The average molecular weight is 331 g/mol. The normalized spacial score (nSPS) is 17.5. The zero-order chi connectivity index (χ0) is 17.4. The number of rotatable bonds is 3. The number of nitrogens with zero attached hydrogens (tertiary/aromatic N) is 3. The number of amides is 1. The minimum absolute atomic E-state index is 0.0121. The Morgan fingerprint density at radius 1 is 1.29 bits per heavy atom. The maximum Gasteiger partial charge on any atom is 0.325 e. The molecule has 1 amide bonds. The molecule has 1 unspecified atom stereocenters. The number of hydrogen-bond acceptors (Lipinski definition) is 4. The third-order valence-corrected chi connectivity index (χ3v) is 4.49. The van der Waals surface area contributed by atoms with Crippen molar-refractivity contribution < 1.29 is 4.79 Å². The number of H-pyrrole nitrogens is 2. The molecule has 2 aromatic rings. The van der Waals surface area contributed by atoms with Crippen molar-refractivity contribution in [1.29, 1.82) is 0 Å². The van der Waals surface area contributed by atoms with Gasteiger partial charge in [-0.15, -0.1) is 0 Å². The SMILES string of the molecule is Cc1cc(C)n(C2CCN(C(=O)Cc3c(C)[nH]c(=O)[nH]c3=O)C2)n1. The van der Waals surface area contributed by atoms with E-state index in [1.54, 1.807) is 11.8 Å². The second-order valence-corrected chi connectivity index (χ2v) is 6.34. The van der Waals surface area contributed by atoms with Crippen LogP contribution in [0.2, 0.25) is 0 Å². The Bertz CT molecular complexity index is 892. The Hall–Kier alpha value is -2.64. The van der Waals surface area contributed by atoms with Crippen LogP contribution >= 0.6 is 0 Å². The number of aromatic amines is 2. The van der Waals surface area contributed by atoms with Gasteiger partial charge in [0.2, 0.25) is 5.91 Å². The van der Waals surface area contributed by atoms with E-state index in [4.69, 9.17) is 0 Å². The van der Waals surface area contributed by atoms with Crippen molar-refractivity contribution in [3.8, 4) is 0 Å². The zero-order valence-electron chi connectivity index (χ0n) is 14.0. The van der Waals surface area contributed by atoms with Crippen molar-refractivity contribution in [2.75, 3.05) is 13.1 Å². The number of aryl methyl sites for hydroxylation is 3. The Morgan fingerprint density at radius 3 is 2.67 bits per heavy atom. The Labute approximate surface area is 138 Å². The van der Waals surface area contributed by atoms with E-state index in [2.05, 4.69) is 15.1 Å². The number of aromatic nitrogens is 4. The molecule has 0 saturated carbocycles. The van der Waals surface area contributed by atoms with E-state index < -0.39 is 11.2 Å². The fraction of sp³-hybridized carbons (Fsp3) is 0.500. The highest BCUT2D eigenvalue weighted by Gasteiger charge is 2.29. The average Bonchev–Trinajstić information content (AvgIpc) is 3.09. The molecule has 3 rings (SSSR count). The van der Waals surface area contributed by atoms with Crippen molar-refractivity contribution in [2.45, 2.75) is 39.7 Å². The van der Waals surface area contributed by atoms with Crippen LogP contribution in [0.3, 0.4) is 0 Å². The van der Waals surface area contributed by atoms with Gasteiger partial charge < -0.3 is 9.88 Å². The molecule has 0 radical (unpaired) electrons. The van der Waals surface area contributed by atoms with E-state index >= 15 is 0 Å². The van der Waals surface area contributed by atoms with E-state index in [9.17, 15) is 14.4 Å². The number of carbonyl (C=O) groups is 1. The summed E-state index contributed by atoms with van der Waals surface area (Å²) in [4.78, 5) is 42.1. The molecule has 128 valence electrons. The standard InChI is InChI=1S/C16H21N5O3/c1-9-6-10(2)21(19-9)12-4-5-20(8-12)14(22)7-13-11(3)17-16(24)18-15(13)23/h6,12H,4-5,7-8H2,1-3H3,(H2,17,18,23,24). The summed E-state index contributed by atoms with van der Waals surface area (Å²) in [5.74, 6) is -0.111. The van der Waals surface area contributed by atoms with Crippen molar-refractivity contribution >= 4 is 5.91 Å². The fourth-order valence-corrected chi connectivity index (χ4v) is 3.29. The molecule has 1 aliphatic rings. The molecule has 0 bridgehead atoms. The van der Waals surface area contributed by atoms with Gasteiger partial charge in [-0.2, -0.15) is 5.10 Å². The van der Waals surface area contributed by atoms with Crippen LogP contribution in [0.4, 0.5) is 0 Å². The molecule has 8 heteroatoms. The van der Waals surface area contributed by atoms with Crippen LogP contribution in [0.15, 0.2) is 15.7 Å². The minimum Gasteiger partial charge on any atom is -0.340 e. The predicted molar refractivity (Wildman–Crippen MR) is 88.1 cm³/mol. The van der Waals surface area contributed by atoms with Crippen LogP contribution in [0.5, 0.6) is 0 Å². The lowest BCUT2D eigenvalue weighted by Crippen LogP contribution is -2.34. The van der Waals surface area contributed by atoms with Gasteiger partial charge in [0, 0.05) is 30.0 Å². The molecule has 2 aromatic heterocycles. The van der Waals surface area contributed by atoms with Crippen molar-refractivity contribution in [3.05, 3.63) is 49.5 Å². The third kappa shape index (κ3) is 3.04. The Morgan fingerprint density at radius 2 is 2.04 bits per heavy atom. The second-order valence-electron chi connectivity index (χ2n) is 6.34. The van der Waals surface area contributed by atoms with Gasteiger partial charge in [0.1, 0.15) is 0 Å². The van der Waals surface area contributed by atoms with Crippen LogP contribution in [-0.4, -0.2) is 43.6 Å². The largest absolute Gasteiger partial charge is 0.340 e. The first-order chi connectivity index (χ1) is 11.3. The first-order valence-corrected chi connectivity index (χ1v) is 7.97. The molecule has 8 nitrogen and oxygen atoms in total. The van der Waals surface area contributed by atoms with Crippen LogP contribution in [0, 0.1) is 20.8 Å². The summed E-state index contributed by atoms with van der Waals surface area (Å²) in [6, 6.07) is 2.19. The second kappa shape index (κ2) is 6.10. The summed E-state index contributed by atoms with van der Waals surface area (Å²) in [7, 11) is 0. The lowest BCUT2D eigenvalue weighted by molar-refractivity contribution is -0.129. The topological polar surface area (TPSA) is 104 Å². The highest BCUT2D eigenvalue weighted by atomic mass is 16.2. The lowest BCUT2D eigenvalue weighted by Gasteiger charge is -2.17. The molecule has 1 fully saturated rings. The first-order valence-electron chi connectivity index (χ1n) is 7.97. The van der Waals surface area contributed by atoms with E-state index in [-0.39, 0.29) is 18.4 Å². The maximum atomic E-state index is 12.5. The number of likely N-dealkylation sites (tertiary alicyclic amines) is 1. The number of nitrogens with one attached hydrogen (secondary N) is 2. The third-order valence-electron chi connectivity index (χ3n) is 4.49. The highest BCUT2D eigenvalue weighted by Crippen LogP contribution is 2.23. The summed E-state index contributed by atoms with van der Waals surface area (Å²) in [6.07, 6.45) is 0.830. The number of carbonyl (C=O) groups excluding carboxylic acids is 1. The van der Waals surface area contributed by atoms with Gasteiger partial charge in [0.15, 0.2) is 0 Å². The zero-order valence-corrected chi connectivity index (χ0v) is 14.0. The Balaban J connectivity index is 1.73. The van der Waals surface area contributed by atoms with Gasteiger partial charge in [-0.05, 0) is 33.3 Å². The van der Waals surface area contributed by atoms with E-state index in [1.807, 2.05) is 24.6 Å². The molecule has 0 aromatic carbocycles. The van der Waals surface area contributed by atoms with Crippen LogP contribution in [0.1, 0.15) is 35.1 Å². The summed E-state index contributed by atoms with van der Waals surface area (Å²) >= 11 is 0. The van der Waals surface area contributed by atoms with E-state index in [0.717, 1.165) is 17.8 Å². The van der Waals surface area contributed by atoms with Gasteiger partial charge in [-0.1, -0.05) is 0 Å². The fourth-order valence-electron chi connectivity index (χ4n) is 3.29. The van der Waals surface area contributed by atoms with Crippen molar-refractivity contribution in [1.82, 2.24) is 24.6 Å². The highest BCUT2D eigenvalue weighted by molar-refractivity contribution is 5.79. The van der Waals surface area contributed by atoms with Crippen LogP contribution in [-0.2, 0) is 11.2 Å². The Kier molecular flexibility index (Phi) is 4.13. The molecule has 3 heterocycles. The summed E-state index contributed by atoms with van der Waals surface area (Å²) < 4.78 is 1.97. The summed E-state index contributed by atoms with van der Waals surface area (Å²) in [6.45, 7) is 6.81. The van der Waals surface area contributed by atoms with Gasteiger partial charge in [0.05, 0.1) is 18.2 Å². The lowest BCUT2D eigenvalue weighted by atomic mass is 10.1. The minimum atomic E-state index is -0.556. The molecule has 0 aliphatic carbocycles. The first kappa shape index (κ1) is 16.2. The predicted octanol–water partition coefficient (Wildman–Crippen LogP) is 0.201. The van der Waals surface area contributed by atoms with Gasteiger partial charge >= 0.3 is 5.69 Å². The van der Waals surface area contributed by atoms with E-state index in [1.165, 1.54) is 0 Å². The summed E-state index contributed by atoms with van der Waals surface area (Å²) in [5.41, 5.74) is 1.74. The molecule has 2 N–H and O–H groups in total. The molecule has 24 heavy (non-hydrogen) atoms. The maximum absolute atomic E-state index is 12.5. The van der Waals surface area contributed by atoms with Crippen LogP contribution < -0.4 is 11.2 Å². The quantitative estimate of drug-likeness (QED) is 0.838. The molecule has 1 atom stereocenters. The van der Waals surface area contributed by atoms with Crippen molar-refractivity contribution in [3.63, 3.8) is 0 Å². The molecule has 1 saturated heterocycles. The van der Waals surface area contributed by atoms with Gasteiger partial charge in [-0.3, -0.25) is 19.3 Å². The van der Waals surface area contributed by atoms with Crippen LogP contribution in [0.25, 0.3) is 0 Å². The van der Waals surface area contributed by atoms with E-state index in [0.29, 0.717) is 24.3 Å². The molecular weight excluding hydrogens is 310 g/mol. The van der Waals surface area contributed by atoms with Gasteiger partial charge in [0.25, 0.3) is 5.56 Å². The van der Waals surface area contributed by atoms with Crippen molar-refractivity contribution in [2.24, 2.45) is 0 Å². The molecule has 0 spiro atoms. The van der Waals surface area contributed by atoms with Gasteiger partial charge in [-0.25, -0.2) is 4.79 Å².